The zero-order chi connectivity index (χ0) is 12.0. The van der Waals surface area contributed by atoms with Gasteiger partial charge >= 0.3 is 5.97 Å². The van der Waals surface area contributed by atoms with Gasteiger partial charge in [0.2, 0.25) is 0 Å². The summed E-state index contributed by atoms with van der Waals surface area (Å²) in [7, 11) is 0. The predicted molar refractivity (Wildman–Crippen MR) is 68.9 cm³/mol. The highest BCUT2D eigenvalue weighted by atomic mass is 32.2. The Labute approximate surface area is 100 Å². The number of nitrogens with two attached hydrogens (primary N) is 1. The Morgan fingerprint density at radius 3 is 2.94 bits per heavy atom. The number of anilines is 1. The first-order chi connectivity index (χ1) is 7.65. The third kappa shape index (κ3) is 3.77. The van der Waals surface area contributed by atoms with Gasteiger partial charge in [0.25, 0.3) is 0 Å². The lowest BCUT2D eigenvalue weighted by molar-refractivity contribution is 0.0531. The number of ether oxygens (including phenoxy) is 1. The molecule has 1 aromatic carbocycles. The van der Waals surface area contributed by atoms with Crippen molar-refractivity contribution in [1.82, 2.24) is 0 Å². The average Bonchev–Trinajstić information content (AvgIpc) is 2.27. The van der Waals surface area contributed by atoms with Gasteiger partial charge in [-0.2, -0.15) is 11.8 Å². The molecule has 0 aliphatic rings. The molecular formula is C12H17NO2S. The maximum atomic E-state index is 11.7. The molecule has 0 spiro atoms. The van der Waals surface area contributed by atoms with E-state index in [1.807, 2.05) is 13.0 Å². The van der Waals surface area contributed by atoms with Gasteiger partial charge in [-0.25, -0.2) is 4.79 Å². The molecule has 0 saturated carbocycles. The van der Waals surface area contributed by atoms with Crippen LogP contribution in [0.15, 0.2) is 18.2 Å². The molecule has 0 unspecified atom stereocenters. The zero-order valence-corrected chi connectivity index (χ0v) is 10.5. The molecule has 16 heavy (non-hydrogen) atoms. The van der Waals surface area contributed by atoms with Crippen molar-refractivity contribution < 1.29 is 9.53 Å². The minimum atomic E-state index is -0.335. The molecule has 0 heterocycles. The van der Waals surface area contributed by atoms with E-state index >= 15 is 0 Å². The van der Waals surface area contributed by atoms with Crippen LogP contribution in [0.2, 0.25) is 0 Å². The summed E-state index contributed by atoms with van der Waals surface area (Å²) in [6, 6.07) is 5.36. The molecule has 0 radical (unpaired) electrons. The molecule has 1 aromatic rings. The van der Waals surface area contributed by atoms with E-state index in [1.165, 1.54) is 0 Å². The molecule has 1 rings (SSSR count). The monoisotopic (exact) mass is 239 g/mol. The molecule has 0 bridgehead atoms. The van der Waals surface area contributed by atoms with Crippen molar-refractivity contribution in [3.63, 3.8) is 0 Å². The molecule has 0 amide bonds. The van der Waals surface area contributed by atoms with Gasteiger partial charge in [-0.05, 0) is 24.8 Å². The van der Waals surface area contributed by atoms with Crippen molar-refractivity contribution in [1.29, 1.82) is 0 Å². The molecule has 2 N–H and O–H groups in total. The quantitative estimate of drug-likeness (QED) is 0.487. The number of thioether (sulfide) groups is 1. The Hall–Kier alpha value is -1.16. The standard InChI is InChI=1S/C12H17NO2S/c1-3-16-7-6-15-12(14)10-8-9(2)4-5-11(10)13/h4-5,8H,3,6-7,13H2,1-2H3. The maximum absolute atomic E-state index is 11.7. The third-order valence-electron chi connectivity index (χ3n) is 2.09. The predicted octanol–water partition coefficient (Wildman–Crippen LogP) is 2.49. The van der Waals surface area contributed by atoms with E-state index in [2.05, 4.69) is 6.92 Å². The Balaban J connectivity index is 2.55. The number of nitrogen functional groups attached to an aromatic ring is 1. The molecule has 0 fully saturated rings. The van der Waals surface area contributed by atoms with Gasteiger partial charge in [0, 0.05) is 11.4 Å². The highest BCUT2D eigenvalue weighted by Crippen LogP contribution is 2.15. The summed E-state index contributed by atoms with van der Waals surface area (Å²) in [5.41, 5.74) is 7.65. The number of aryl methyl sites for hydroxylation is 1. The Morgan fingerprint density at radius 1 is 1.50 bits per heavy atom. The number of benzene rings is 1. The summed E-state index contributed by atoms with van der Waals surface area (Å²) >= 11 is 1.74. The van der Waals surface area contributed by atoms with E-state index < -0.39 is 0 Å². The van der Waals surface area contributed by atoms with Gasteiger partial charge in [0.1, 0.15) is 6.61 Å². The van der Waals surface area contributed by atoms with Crippen molar-refractivity contribution in [2.45, 2.75) is 13.8 Å². The number of carbonyl (C=O) groups excluding carboxylic acids is 1. The van der Waals surface area contributed by atoms with Gasteiger partial charge < -0.3 is 10.5 Å². The summed E-state index contributed by atoms with van der Waals surface area (Å²) in [5, 5.41) is 0. The van der Waals surface area contributed by atoms with Crippen LogP contribution in [0.5, 0.6) is 0 Å². The minimum absolute atomic E-state index is 0.335. The molecule has 4 heteroatoms. The summed E-state index contributed by atoms with van der Waals surface area (Å²) in [6.45, 7) is 4.43. The van der Waals surface area contributed by atoms with Gasteiger partial charge in [0.05, 0.1) is 5.56 Å². The Bertz CT molecular complexity index is 366. The molecule has 0 saturated heterocycles. The van der Waals surface area contributed by atoms with Crippen LogP contribution >= 0.6 is 11.8 Å². The molecule has 3 nitrogen and oxygen atoms in total. The topological polar surface area (TPSA) is 52.3 Å². The molecular weight excluding hydrogens is 222 g/mol. The van der Waals surface area contributed by atoms with Crippen LogP contribution in [0.4, 0.5) is 5.69 Å². The summed E-state index contributed by atoms with van der Waals surface area (Å²) in [6.07, 6.45) is 0. The van der Waals surface area contributed by atoms with Crippen LogP contribution in [-0.4, -0.2) is 24.1 Å². The van der Waals surface area contributed by atoms with Crippen LogP contribution in [0.1, 0.15) is 22.8 Å². The molecule has 0 aromatic heterocycles. The van der Waals surface area contributed by atoms with E-state index in [0.717, 1.165) is 17.1 Å². The first kappa shape index (κ1) is 12.9. The second-order valence-corrected chi connectivity index (χ2v) is 4.82. The van der Waals surface area contributed by atoms with Crippen molar-refractivity contribution in [3.05, 3.63) is 29.3 Å². The third-order valence-corrected chi connectivity index (χ3v) is 2.96. The van der Waals surface area contributed by atoms with E-state index in [0.29, 0.717) is 17.9 Å². The van der Waals surface area contributed by atoms with E-state index in [1.54, 1.807) is 23.9 Å². The van der Waals surface area contributed by atoms with Crippen molar-refractivity contribution in [3.8, 4) is 0 Å². The number of hydrogen-bond donors (Lipinski definition) is 1. The highest BCUT2D eigenvalue weighted by Gasteiger charge is 2.10. The van der Waals surface area contributed by atoms with Crippen LogP contribution in [0, 0.1) is 6.92 Å². The van der Waals surface area contributed by atoms with E-state index in [9.17, 15) is 4.79 Å². The SMILES string of the molecule is CCSCCOC(=O)c1cc(C)ccc1N. The fraction of sp³-hybridized carbons (Fsp3) is 0.417. The highest BCUT2D eigenvalue weighted by molar-refractivity contribution is 7.99. The normalized spacial score (nSPS) is 10.1. The first-order valence-electron chi connectivity index (χ1n) is 5.26. The molecule has 0 aliphatic heterocycles. The van der Waals surface area contributed by atoms with Gasteiger partial charge in [-0.3, -0.25) is 0 Å². The maximum Gasteiger partial charge on any atom is 0.340 e. The molecule has 88 valence electrons. The van der Waals surface area contributed by atoms with Crippen molar-refractivity contribution in [2.75, 3.05) is 23.8 Å². The number of hydrogen-bond acceptors (Lipinski definition) is 4. The fourth-order valence-corrected chi connectivity index (χ4v) is 1.75. The van der Waals surface area contributed by atoms with Crippen LogP contribution in [0.25, 0.3) is 0 Å². The van der Waals surface area contributed by atoms with Crippen molar-refractivity contribution >= 4 is 23.4 Å². The summed E-state index contributed by atoms with van der Waals surface area (Å²) in [5.74, 6) is 1.52. The second-order valence-electron chi connectivity index (χ2n) is 3.42. The minimum Gasteiger partial charge on any atom is -0.461 e. The number of carbonyl (C=O) groups is 1. The molecule has 0 atom stereocenters. The lowest BCUT2D eigenvalue weighted by Gasteiger charge is -2.07. The lowest BCUT2D eigenvalue weighted by atomic mass is 10.1. The van der Waals surface area contributed by atoms with Gasteiger partial charge in [-0.15, -0.1) is 0 Å². The Kier molecular flexibility index (Phi) is 5.19. The summed E-state index contributed by atoms with van der Waals surface area (Å²) in [4.78, 5) is 11.7. The number of rotatable bonds is 5. The summed E-state index contributed by atoms with van der Waals surface area (Å²) < 4.78 is 5.13. The van der Waals surface area contributed by atoms with E-state index in [4.69, 9.17) is 10.5 Å². The van der Waals surface area contributed by atoms with Gasteiger partial charge in [-0.1, -0.05) is 18.6 Å². The Morgan fingerprint density at radius 2 is 2.25 bits per heavy atom. The van der Waals surface area contributed by atoms with Crippen LogP contribution in [0.3, 0.4) is 0 Å². The van der Waals surface area contributed by atoms with Crippen LogP contribution in [-0.2, 0) is 4.74 Å². The largest absolute Gasteiger partial charge is 0.461 e. The van der Waals surface area contributed by atoms with Gasteiger partial charge in [0.15, 0.2) is 0 Å². The fourth-order valence-electron chi connectivity index (χ4n) is 1.26. The van der Waals surface area contributed by atoms with Crippen molar-refractivity contribution in [2.24, 2.45) is 0 Å². The zero-order valence-electron chi connectivity index (χ0n) is 9.66. The first-order valence-corrected chi connectivity index (χ1v) is 6.41. The number of esters is 1. The lowest BCUT2D eigenvalue weighted by Crippen LogP contribution is -2.10. The smallest absolute Gasteiger partial charge is 0.340 e. The average molecular weight is 239 g/mol. The molecule has 0 aliphatic carbocycles. The van der Waals surface area contributed by atoms with Crippen LogP contribution < -0.4 is 5.73 Å². The second kappa shape index (κ2) is 6.43. The van der Waals surface area contributed by atoms with E-state index in [-0.39, 0.29) is 5.97 Å².